The molecule has 0 aromatic heterocycles. The normalized spacial score (nSPS) is 27.7. The van der Waals surface area contributed by atoms with E-state index in [-0.39, 0.29) is 36.3 Å². The predicted molar refractivity (Wildman–Crippen MR) is 109 cm³/mol. The molecule has 0 unspecified atom stereocenters. The fraction of sp³-hybridized carbons (Fsp3) is 0.571. The molecule has 28 heavy (non-hydrogen) atoms. The third-order valence-electron chi connectivity index (χ3n) is 6.07. The van der Waals surface area contributed by atoms with E-state index < -0.39 is 0 Å². The summed E-state index contributed by atoms with van der Waals surface area (Å²) in [5, 5.41) is 3.14. The zero-order valence-corrected chi connectivity index (χ0v) is 17.0. The van der Waals surface area contributed by atoms with Crippen molar-refractivity contribution in [2.45, 2.75) is 51.2 Å². The SMILES string of the molecule is CC1CCC(NC(=O)c2ccc(CN3CC(=O)N4CSC[C@@H]4C3=O)cc2)CC1. The van der Waals surface area contributed by atoms with Gasteiger partial charge in [0, 0.05) is 23.9 Å². The summed E-state index contributed by atoms with van der Waals surface area (Å²) in [5.74, 6) is 2.07. The van der Waals surface area contributed by atoms with Gasteiger partial charge in [0.1, 0.15) is 12.6 Å². The maximum Gasteiger partial charge on any atom is 0.251 e. The Morgan fingerprint density at radius 1 is 1.14 bits per heavy atom. The highest BCUT2D eigenvalue weighted by Crippen LogP contribution is 2.27. The van der Waals surface area contributed by atoms with E-state index in [2.05, 4.69) is 12.2 Å². The average Bonchev–Trinajstić information content (AvgIpc) is 3.19. The maximum absolute atomic E-state index is 12.6. The second-order valence-electron chi connectivity index (χ2n) is 8.20. The van der Waals surface area contributed by atoms with Crippen molar-refractivity contribution < 1.29 is 14.4 Å². The van der Waals surface area contributed by atoms with Gasteiger partial charge in [-0.2, -0.15) is 0 Å². The number of carbonyl (C=O) groups is 3. The van der Waals surface area contributed by atoms with Crippen molar-refractivity contribution in [2.24, 2.45) is 5.92 Å². The Morgan fingerprint density at radius 3 is 2.57 bits per heavy atom. The van der Waals surface area contributed by atoms with Gasteiger partial charge in [-0.15, -0.1) is 11.8 Å². The van der Waals surface area contributed by atoms with Crippen LogP contribution < -0.4 is 5.32 Å². The summed E-state index contributed by atoms with van der Waals surface area (Å²) in [4.78, 5) is 40.7. The summed E-state index contributed by atoms with van der Waals surface area (Å²) in [7, 11) is 0. The summed E-state index contributed by atoms with van der Waals surface area (Å²) in [6.07, 6.45) is 4.44. The number of amides is 3. The number of carbonyl (C=O) groups excluding carboxylic acids is 3. The summed E-state index contributed by atoms with van der Waals surface area (Å²) < 4.78 is 0. The summed E-state index contributed by atoms with van der Waals surface area (Å²) in [6.45, 7) is 2.81. The highest BCUT2D eigenvalue weighted by molar-refractivity contribution is 7.99. The number of thioether (sulfide) groups is 1. The van der Waals surface area contributed by atoms with Gasteiger partial charge in [0.05, 0.1) is 5.88 Å². The van der Waals surface area contributed by atoms with Crippen LogP contribution in [0.25, 0.3) is 0 Å². The van der Waals surface area contributed by atoms with Crippen molar-refractivity contribution >= 4 is 29.5 Å². The third-order valence-corrected chi connectivity index (χ3v) is 7.08. The highest BCUT2D eigenvalue weighted by Gasteiger charge is 2.42. The zero-order chi connectivity index (χ0) is 19.7. The van der Waals surface area contributed by atoms with E-state index in [1.54, 1.807) is 21.6 Å². The number of piperazine rings is 1. The van der Waals surface area contributed by atoms with Gasteiger partial charge in [-0.05, 0) is 49.3 Å². The highest BCUT2D eigenvalue weighted by atomic mass is 32.2. The number of nitrogens with one attached hydrogen (secondary N) is 1. The van der Waals surface area contributed by atoms with Crippen LogP contribution in [0.2, 0.25) is 0 Å². The van der Waals surface area contributed by atoms with E-state index in [0.29, 0.717) is 23.7 Å². The van der Waals surface area contributed by atoms with E-state index in [9.17, 15) is 14.4 Å². The fourth-order valence-corrected chi connectivity index (χ4v) is 5.40. The van der Waals surface area contributed by atoms with Crippen LogP contribution in [0.4, 0.5) is 0 Å². The molecule has 3 amide bonds. The molecule has 1 aromatic rings. The van der Waals surface area contributed by atoms with Crippen LogP contribution >= 0.6 is 11.8 Å². The van der Waals surface area contributed by atoms with Gasteiger partial charge >= 0.3 is 0 Å². The summed E-state index contributed by atoms with van der Waals surface area (Å²) in [5.41, 5.74) is 1.57. The Hall–Kier alpha value is -2.02. The van der Waals surface area contributed by atoms with Crippen molar-refractivity contribution in [1.82, 2.24) is 15.1 Å². The second-order valence-corrected chi connectivity index (χ2v) is 9.20. The van der Waals surface area contributed by atoms with Gasteiger partial charge < -0.3 is 15.1 Å². The number of hydrogen-bond acceptors (Lipinski definition) is 4. The molecule has 1 N–H and O–H groups in total. The van der Waals surface area contributed by atoms with Crippen LogP contribution in [0.5, 0.6) is 0 Å². The van der Waals surface area contributed by atoms with E-state index in [4.69, 9.17) is 0 Å². The first-order valence-electron chi connectivity index (χ1n) is 10.1. The molecule has 2 saturated heterocycles. The molecule has 2 aliphatic heterocycles. The first kappa shape index (κ1) is 19.3. The Bertz CT molecular complexity index is 759. The maximum atomic E-state index is 12.6. The standard InChI is InChI=1S/C21H27N3O3S/c1-14-2-8-17(9-3-14)22-20(26)16-6-4-15(5-7-16)10-23-11-19(25)24-13-28-12-18(24)21(23)27/h4-7,14,17-18H,2-3,8-13H2,1H3,(H,22,26)/t14?,17?,18-/m1/s1. The molecule has 3 aliphatic rings. The van der Waals surface area contributed by atoms with E-state index in [1.165, 1.54) is 12.8 Å². The molecule has 1 atom stereocenters. The zero-order valence-electron chi connectivity index (χ0n) is 16.2. The lowest BCUT2D eigenvalue weighted by molar-refractivity contribution is -0.153. The number of fused-ring (bicyclic) bond motifs is 1. The van der Waals surface area contributed by atoms with Gasteiger partial charge in [-0.25, -0.2) is 0 Å². The summed E-state index contributed by atoms with van der Waals surface area (Å²) in [6, 6.07) is 7.34. The van der Waals surface area contributed by atoms with Crippen molar-refractivity contribution in [3.8, 4) is 0 Å². The van der Waals surface area contributed by atoms with E-state index in [0.717, 1.165) is 24.3 Å². The molecule has 1 saturated carbocycles. The lowest BCUT2D eigenvalue weighted by atomic mass is 9.87. The minimum atomic E-state index is -0.311. The van der Waals surface area contributed by atoms with Crippen molar-refractivity contribution in [2.75, 3.05) is 18.2 Å². The van der Waals surface area contributed by atoms with Crippen molar-refractivity contribution in [1.29, 1.82) is 0 Å². The molecule has 150 valence electrons. The van der Waals surface area contributed by atoms with Crippen LogP contribution in [0.3, 0.4) is 0 Å². The molecule has 7 heteroatoms. The molecule has 0 spiro atoms. The topological polar surface area (TPSA) is 69.7 Å². The van der Waals surface area contributed by atoms with Gasteiger partial charge in [0.2, 0.25) is 11.8 Å². The number of rotatable bonds is 4. The van der Waals surface area contributed by atoms with Gasteiger partial charge in [-0.3, -0.25) is 14.4 Å². The largest absolute Gasteiger partial charge is 0.349 e. The first-order chi connectivity index (χ1) is 13.5. The minimum Gasteiger partial charge on any atom is -0.349 e. The molecule has 0 radical (unpaired) electrons. The van der Waals surface area contributed by atoms with Crippen LogP contribution in [0.15, 0.2) is 24.3 Å². The molecule has 2 heterocycles. The quantitative estimate of drug-likeness (QED) is 0.840. The first-order valence-corrected chi connectivity index (χ1v) is 11.2. The van der Waals surface area contributed by atoms with Gasteiger partial charge in [0.15, 0.2) is 0 Å². The molecule has 6 nitrogen and oxygen atoms in total. The molecule has 1 aromatic carbocycles. The van der Waals surface area contributed by atoms with Crippen LogP contribution in [0.1, 0.15) is 48.5 Å². The summed E-state index contributed by atoms with van der Waals surface area (Å²) >= 11 is 1.63. The van der Waals surface area contributed by atoms with Crippen molar-refractivity contribution in [3.63, 3.8) is 0 Å². The minimum absolute atomic E-state index is 0.0207. The number of nitrogens with zero attached hydrogens (tertiary/aromatic N) is 2. The molecule has 3 fully saturated rings. The van der Waals surface area contributed by atoms with Crippen molar-refractivity contribution in [3.05, 3.63) is 35.4 Å². The molecule has 1 aliphatic carbocycles. The lowest BCUT2D eigenvalue weighted by Gasteiger charge is -2.35. The molecule has 0 bridgehead atoms. The lowest BCUT2D eigenvalue weighted by Crippen LogP contribution is -2.57. The van der Waals surface area contributed by atoms with Crippen LogP contribution in [-0.4, -0.2) is 57.8 Å². The molecule has 4 rings (SSSR count). The van der Waals surface area contributed by atoms with Crippen LogP contribution in [-0.2, 0) is 16.1 Å². The number of benzene rings is 1. The number of hydrogen-bond donors (Lipinski definition) is 1. The Morgan fingerprint density at radius 2 is 1.86 bits per heavy atom. The van der Waals surface area contributed by atoms with Gasteiger partial charge in [0.25, 0.3) is 5.91 Å². The monoisotopic (exact) mass is 401 g/mol. The Kier molecular flexibility index (Phi) is 5.62. The Balaban J connectivity index is 1.35. The predicted octanol–water partition coefficient (Wildman–Crippen LogP) is 2.24. The van der Waals surface area contributed by atoms with E-state index in [1.807, 2.05) is 24.3 Å². The Labute approximate surface area is 170 Å². The third kappa shape index (κ3) is 4.04. The van der Waals surface area contributed by atoms with E-state index >= 15 is 0 Å². The fourth-order valence-electron chi connectivity index (χ4n) is 4.22. The van der Waals surface area contributed by atoms with Gasteiger partial charge in [-0.1, -0.05) is 19.1 Å². The molecular weight excluding hydrogens is 374 g/mol. The smallest absolute Gasteiger partial charge is 0.251 e. The second kappa shape index (κ2) is 8.15. The molecular formula is C21H27N3O3S. The average molecular weight is 402 g/mol. The van der Waals surface area contributed by atoms with Crippen LogP contribution in [0, 0.1) is 5.92 Å².